The number of hydrogen-bond acceptors (Lipinski definition) is 1. The van der Waals surface area contributed by atoms with E-state index in [0.717, 1.165) is 10.7 Å². The first-order valence-corrected chi connectivity index (χ1v) is 5.22. The lowest BCUT2D eigenvalue weighted by Crippen LogP contribution is -2.11. The van der Waals surface area contributed by atoms with E-state index in [0.29, 0.717) is 0 Å². The SMILES string of the molecule is Cc1ccc(C)n1Nc1ccc(Cl)cc1. The van der Waals surface area contributed by atoms with Crippen LogP contribution in [-0.2, 0) is 0 Å². The second-order valence-electron chi connectivity index (χ2n) is 3.57. The molecule has 0 aliphatic rings. The average molecular weight is 221 g/mol. The maximum atomic E-state index is 5.82. The first-order valence-electron chi connectivity index (χ1n) is 4.84. The summed E-state index contributed by atoms with van der Waals surface area (Å²) in [7, 11) is 0. The summed E-state index contributed by atoms with van der Waals surface area (Å²) in [5, 5.41) is 0.751. The Kier molecular flexibility index (Phi) is 2.69. The molecule has 1 N–H and O–H groups in total. The minimum Gasteiger partial charge on any atom is -0.294 e. The fraction of sp³-hybridized carbons (Fsp3) is 0.167. The van der Waals surface area contributed by atoms with Crippen molar-refractivity contribution in [3.8, 4) is 0 Å². The number of anilines is 1. The van der Waals surface area contributed by atoms with Crippen molar-refractivity contribution in [3.05, 3.63) is 52.8 Å². The van der Waals surface area contributed by atoms with Crippen LogP contribution < -0.4 is 5.43 Å². The smallest absolute Gasteiger partial charge is 0.0546 e. The van der Waals surface area contributed by atoms with Gasteiger partial charge in [-0.1, -0.05) is 11.6 Å². The molecule has 1 aromatic heterocycles. The first kappa shape index (κ1) is 10.1. The largest absolute Gasteiger partial charge is 0.294 e. The van der Waals surface area contributed by atoms with Crippen LogP contribution in [0.3, 0.4) is 0 Å². The van der Waals surface area contributed by atoms with E-state index in [1.54, 1.807) is 0 Å². The molecule has 78 valence electrons. The maximum absolute atomic E-state index is 5.82. The lowest BCUT2D eigenvalue weighted by Gasteiger charge is -2.12. The molecule has 0 spiro atoms. The lowest BCUT2D eigenvalue weighted by atomic mass is 10.3. The summed E-state index contributed by atoms with van der Waals surface area (Å²) in [6.07, 6.45) is 0. The number of rotatable bonds is 2. The van der Waals surface area contributed by atoms with Gasteiger partial charge in [-0.3, -0.25) is 10.1 Å². The second-order valence-corrected chi connectivity index (χ2v) is 4.01. The zero-order valence-electron chi connectivity index (χ0n) is 8.79. The van der Waals surface area contributed by atoms with E-state index in [2.05, 4.69) is 31.4 Å². The van der Waals surface area contributed by atoms with Crippen LogP contribution in [0.25, 0.3) is 0 Å². The van der Waals surface area contributed by atoms with Crippen molar-refractivity contribution < 1.29 is 0 Å². The predicted octanol–water partition coefficient (Wildman–Crippen LogP) is 3.63. The molecule has 0 aliphatic carbocycles. The zero-order valence-corrected chi connectivity index (χ0v) is 9.55. The van der Waals surface area contributed by atoms with Gasteiger partial charge in [0.2, 0.25) is 0 Å². The fourth-order valence-electron chi connectivity index (χ4n) is 1.50. The van der Waals surface area contributed by atoms with Crippen molar-refractivity contribution in [2.45, 2.75) is 13.8 Å². The summed E-state index contributed by atoms with van der Waals surface area (Å²) in [5.41, 5.74) is 6.70. The molecule has 0 unspecified atom stereocenters. The molecule has 0 saturated heterocycles. The lowest BCUT2D eigenvalue weighted by molar-refractivity contribution is 0.882. The number of nitrogens with one attached hydrogen (secondary N) is 1. The molecule has 0 bridgehead atoms. The number of aromatic nitrogens is 1. The van der Waals surface area contributed by atoms with Gasteiger partial charge in [-0.25, -0.2) is 0 Å². The molecule has 15 heavy (non-hydrogen) atoms. The first-order chi connectivity index (χ1) is 7.16. The van der Waals surface area contributed by atoms with Gasteiger partial charge in [0.25, 0.3) is 0 Å². The Morgan fingerprint density at radius 1 is 0.933 bits per heavy atom. The van der Waals surface area contributed by atoms with Gasteiger partial charge in [-0.15, -0.1) is 0 Å². The Labute approximate surface area is 94.5 Å². The monoisotopic (exact) mass is 220 g/mol. The Bertz CT molecular complexity index is 437. The van der Waals surface area contributed by atoms with Gasteiger partial charge in [0.15, 0.2) is 0 Å². The molecule has 0 saturated carbocycles. The Hall–Kier alpha value is -1.41. The summed E-state index contributed by atoms with van der Waals surface area (Å²) in [6, 6.07) is 11.8. The minimum absolute atomic E-state index is 0.751. The summed E-state index contributed by atoms with van der Waals surface area (Å²) in [6.45, 7) is 4.13. The third-order valence-corrected chi connectivity index (χ3v) is 2.61. The van der Waals surface area contributed by atoms with Gasteiger partial charge in [0.05, 0.1) is 5.69 Å². The molecule has 0 radical (unpaired) electrons. The normalized spacial score (nSPS) is 10.3. The number of halogens is 1. The summed E-state index contributed by atoms with van der Waals surface area (Å²) in [4.78, 5) is 0. The fourth-order valence-corrected chi connectivity index (χ4v) is 1.62. The number of aryl methyl sites for hydroxylation is 2. The molecule has 0 atom stereocenters. The van der Waals surface area contributed by atoms with Gasteiger partial charge in [-0.05, 0) is 50.2 Å². The quantitative estimate of drug-likeness (QED) is 0.818. The average Bonchev–Trinajstić information content (AvgIpc) is 2.53. The van der Waals surface area contributed by atoms with Crippen molar-refractivity contribution in [1.29, 1.82) is 0 Å². The standard InChI is InChI=1S/C12H13ClN2/c1-9-3-4-10(2)15(9)14-12-7-5-11(13)6-8-12/h3-8,14H,1-2H3. The van der Waals surface area contributed by atoms with Crippen LogP contribution in [0.15, 0.2) is 36.4 Å². The Morgan fingerprint density at radius 2 is 1.47 bits per heavy atom. The van der Waals surface area contributed by atoms with Crippen molar-refractivity contribution in [2.75, 3.05) is 5.43 Å². The third kappa shape index (κ3) is 2.16. The van der Waals surface area contributed by atoms with Crippen LogP contribution in [0.4, 0.5) is 5.69 Å². The summed E-state index contributed by atoms with van der Waals surface area (Å²) in [5.74, 6) is 0. The van der Waals surface area contributed by atoms with Crippen LogP contribution >= 0.6 is 11.6 Å². The molecule has 0 amide bonds. The highest BCUT2D eigenvalue weighted by Gasteiger charge is 2.00. The van der Waals surface area contributed by atoms with Gasteiger partial charge in [-0.2, -0.15) is 0 Å². The van der Waals surface area contributed by atoms with Crippen LogP contribution in [0.1, 0.15) is 11.4 Å². The van der Waals surface area contributed by atoms with E-state index in [1.807, 2.05) is 28.9 Å². The molecule has 0 aliphatic heterocycles. The molecule has 2 aromatic rings. The Balaban J connectivity index is 2.25. The van der Waals surface area contributed by atoms with Crippen molar-refractivity contribution >= 4 is 17.3 Å². The summed E-state index contributed by atoms with van der Waals surface area (Å²) < 4.78 is 2.04. The van der Waals surface area contributed by atoms with E-state index in [9.17, 15) is 0 Å². The molecule has 3 heteroatoms. The molecule has 1 aromatic carbocycles. The highest BCUT2D eigenvalue weighted by molar-refractivity contribution is 6.30. The number of nitrogens with zero attached hydrogens (tertiary/aromatic N) is 1. The van der Waals surface area contributed by atoms with Crippen LogP contribution in [0.2, 0.25) is 5.02 Å². The zero-order chi connectivity index (χ0) is 10.8. The van der Waals surface area contributed by atoms with Crippen LogP contribution in [0, 0.1) is 13.8 Å². The second kappa shape index (κ2) is 3.99. The summed E-state index contributed by atoms with van der Waals surface area (Å²) >= 11 is 5.82. The molecular weight excluding hydrogens is 208 g/mol. The van der Waals surface area contributed by atoms with E-state index in [4.69, 9.17) is 11.6 Å². The van der Waals surface area contributed by atoms with Gasteiger partial charge in [0, 0.05) is 16.4 Å². The van der Waals surface area contributed by atoms with E-state index >= 15 is 0 Å². The van der Waals surface area contributed by atoms with E-state index in [-0.39, 0.29) is 0 Å². The van der Waals surface area contributed by atoms with E-state index < -0.39 is 0 Å². The molecule has 1 heterocycles. The van der Waals surface area contributed by atoms with Gasteiger partial charge in [0.1, 0.15) is 0 Å². The number of benzene rings is 1. The van der Waals surface area contributed by atoms with Crippen LogP contribution in [0.5, 0.6) is 0 Å². The Morgan fingerprint density at radius 3 is 2.00 bits per heavy atom. The van der Waals surface area contributed by atoms with Gasteiger partial charge >= 0.3 is 0 Å². The van der Waals surface area contributed by atoms with Crippen molar-refractivity contribution in [1.82, 2.24) is 4.68 Å². The maximum Gasteiger partial charge on any atom is 0.0546 e. The van der Waals surface area contributed by atoms with Crippen LogP contribution in [-0.4, -0.2) is 4.68 Å². The minimum atomic E-state index is 0.751. The molecule has 0 fully saturated rings. The van der Waals surface area contributed by atoms with Crippen molar-refractivity contribution in [2.24, 2.45) is 0 Å². The molecular formula is C12H13ClN2. The highest BCUT2D eigenvalue weighted by Crippen LogP contribution is 2.15. The van der Waals surface area contributed by atoms with Gasteiger partial charge < -0.3 is 0 Å². The predicted molar refractivity (Wildman–Crippen MR) is 64.4 cm³/mol. The van der Waals surface area contributed by atoms with E-state index in [1.165, 1.54) is 11.4 Å². The van der Waals surface area contributed by atoms with Crippen molar-refractivity contribution in [3.63, 3.8) is 0 Å². The number of hydrogen-bond donors (Lipinski definition) is 1. The molecule has 2 nitrogen and oxygen atoms in total. The highest BCUT2D eigenvalue weighted by atomic mass is 35.5. The topological polar surface area (TPSA) is 17.0 Å². The molecule has 2 rings (SSSR count). The third-order valence-electron chi connectivity index (χ3n) is 2.36.